The lowest BCUT2D eigenvalue weighted by atomic mass is 10.1. The topological polar surface area (TPSA) is 25.2 Å². The van der Waals surface area contributed by atoms with Crippen LogP contribution in [-0.2, 0) is 0 Å². The van der Waals surface area contributed by atoms with E-state index in [9.17, 15) is 0 Å². The first-order valence-corrected chi connectivity index (χ1v) is 7.82. The van der Waals surface area contributed by atoms with Gasteiger partial charge in [0.1, 0.15) is 0 Å². The maximum atomic E-state index is 6.44. The molecule has 0 aliphatic heterocycles. The number of aliphatic imine (C=N–C) groups is 1. The number of rotatable bonds is 3. The van der Waals surface area contributed by atoms with E-state index in [1.807, 2.05) is 56.3 Å². The van der Waals surface area contributed by atoms with Crippen molar-refractivity contribution in [1.82, 2.24) is 4.98 Å². The Morgan fingerprint density at radius 3 is 2.70 bits per heavy atom. The van der Waals surface area contributed by atoms with Crippen LogP contribution in [0.5, 0.6) is 0 Å². The van der Waals surface area contributed by atoms with Gasteiger partial charge in [-0.3, -0.25) is 4.99 Å². The summed E-state index contributed by atoms with van der Waals surface area (Å²) in [6.45, 7) is 7.76. The van der Waals surface area contributed by atoms with Gasteiger partial charge in [0.05, 0.1) is 21.9 Å². The van der Waals surface area contributed by atoms with Gasteiger partial charge >= 0.3 is 0 Å². The number of halogens is 1. The van der Waals surface area contributed by atoms with Crippen LogP contribution in [0.1, 0.15) is 18.1 Å². The van der Waals surface area contributed by atoms with Crippen LogP contribution in [0.25, 0.3) is 28.2 Å². The monoisotopic (exact) mass is 320 g/mol. The molecule has 0 unspecified atom stereocenters. The van der Waals surface area contributed by atoms with E-state index in [0.717, 1.165) is 39.0 Å². The van der Waals surface area contributed by atoms with Crippen molar-refractivity contribution < 1.29 is 0 Å². The summed E-state index contributed by atoms with van der Waals surface area (Å²) in [7, 11) is 0. The van der Waals surface area contributed by atoms with Gasteiger partial charge in [0.15, 0.2) is 0 Å². The van der Waals surface area contributed by atoms with Gasteiger partial charge in [0.25, 0.3) is 0 Å². The molecule has 0 aliphatic rings. The highest BCUT2D eigenvalue weighted by molar-refractivity contribution is 6.35. The minimum atomic E-state index is 0.696. The highest BCUT2D eigenvalue weighted by atomic mass is 35.5. The van der Waals surface area contributed by atoms with Crippen LogP contribution in [0.15, 0.2) is 54.0 Å². The highest BCUT2D eigenvalue weighted by Crippen LogP contribution is 2.31. The van der Waals surface area contributed by atoms with E-state index < -0.39 is 0 Å². The molecule has 0 spiro atoms. The predicted octanol–water partition coefficient (Wildman–Crippen LogP) is 6.23. The summed E-state index contributed by atoms with van der Waals surface area (Å²) < 4.78 is 0. The van der Waals surface area contributed by atoms with E-state index in [0.29, 0.717) is 5.02 Å². The van der Waals surface area contributed by atoms with E-state index in [1.54, 1.807) is 6.21 Å². The van der Waals surface area contributed by atoms with Crippen LogP contribution in [0, 0.1) is 6.92 Å². The maximum Gasteiger partial charge on any atom is 0.0730 e. The van der Waals surface area contributed by atoms with E-state index in [2.05, 4.69) is 17.6 Å². The molecular weight excluding hydrogens is 304 g/mol. The molecule has 114 valence electrons. The number of pyridine rings is 1. The Hall–Kier alpha value is -2.45. The van der Waals surface area contributed by atoms with E-state index in [4.69, 9.17) is 16.6 Å². The molecule has 3 aromatic rings. The van der Waals surface area contributed by atoms with Gasteiger partial charge < -0.3 is 0 Å². The Labute approximate surface area is 141 Å². The fourth-order valence-electron chi connectivity index (χ4n) is 2.52. The zero-order valence-corrected chi connectivity index (χ0v) is 13.9. The molecule has 0 radical (unpaired) electrons. The minimum absolute atomic E-state index is 0.696. The fourth-order valence-corrected chi connectivity index (χ4v) is 2.79. The summed E-state index contributed by atoms with van der Waals surface area (Å²) in [5, 5.41) is 1.64. The lowest BCUT2D eigenvalue weighted by molar-refractivity contribution is 1.36. The largest absolute Gasteiger partial charge is 0.261 e. The maximum absolute atomic E-state index is 6.44. The van der Waals surface area contributed by atoms with Crippen molar-refractivity contribution in [2.75, 3.05) is 0 Å². The number of hydrogen-bond donors (Lipinski definition) is 0. The second kappa shape index (κ2) is 6.35. The third kappa shape index (κ3) is 3.03. The fraction of sp³-hybridized carbons (Fsp3) is 0.100. The molecule has 0 atom stereocenters. The number of fused-ring (bicyclic) bond motifs is 1. The van der Waals surface area contributed by atoms with Crippen LogP contribution in [0.2, 0.25) is 5.02 Å². The van der Waals surface area contributed by atoms with Crippen molar-refractivity contribution in [3.05, 3.63) is 65.2 Å². The average molecular weight is 321 g/mol. The summed E-state index contributed by atoms with van der Waals surface area (Å²) in [6, 6.07) is 14.0. The van der Waals surface area contributed by atoms with Crippen molar-refractivity contribution >= 4 is 40.5 Å². The lowest BCUT2D eigenvalue weighted by Gasteiger charge is -2.08. The Balaban J connectivity index is 2.20. The predicted molar refractivity (Wildman–Crippen MR) is 101 cm³/mol. The van der Waals surface area contributed by atoms with Crippen LogP contribution in [0.4, 0.5) is 5.69 Å². The van der Waals surface area contributed by atoms with Gasteiger partial charge in [-0.05, 0) is 43.2 Å². The first-order chi connectivity index (χ1) is 11.1. The standard InChI is InChI=1S/C20H17ClN2/c1-4-14-7-9-16-17(21)12-19(23-20(16)10-14)15-8-6-13(3)18(11-15)22-5-2/h4-12H,1H2,2-3H3. The Morgan fingerprint density at radius 2 is 1.96 bits per heavy atom. The normalized spacial score (nSPS) is 11.3. The van der Waals surface area contributed by atoms with E-state index in [-0.39, 0.29) is 0 Å². The number of benzene rings is 2. The molecule has 23 heavy (non-hydrogen) atoms. The molecule has 0 amide bonds. The lowest BCUT2D eigenvalue weighted by Crippen LogP contribution is -1.88. The van der Waals surface area contributed by atoms with Crippen LogP contribution in [-0.4, -0.2) is 11.2 Å². The second-order valence-corrected chi connectivity index (χ2v) is 5.77. The molecule has 0 bridgehead atoms. The number of hydrogen-bond acceptors (Lipinski definition) is 2. The molecule has 3 heteroatoms. The molecule has 2 aromatic carbocycles. The van der Waals surface area contributed by atoms with Crippen molar-refractivity contribution in [3.63, 3.8) is 0 Å². The van der Waals surface area contributed by atoms with E-state index in [1.165, 1.54) is 0 Å². The Kier molecular flexibility index (Phi) is 4.26. The summed E-state index contributed by atoms with van der Waals surface area (Å²) in [5.74, 6) is 0. The second-order valence-electron chi connectivity index (χ2n) is 5.36. The van der Waals surface area contributed by atoms with Crippen molar-refractivity contribution in [2.24, 2.45) is 4.99 Å². The van der Waals surface area contributed by atoms with Crippen molar-refractivity contribution in [2.45, 2.75) is 13.8 Å². The third-order valence-corrected chi connectivity index (χ3v) is 4.10. The minimum Gasteiger partial charge on any atom is -0.261 e. The number of aromatic nitrogens is 1. The molecule has 0 N–H and O–H groups in total. The van der Waals surface area contributed by atoms with Gasteiger partial charge in [-0.25, -0.2) is 4.98 Å². The van der Waals surface area contributed by atoms with Crippen LogP contribution >= 0.6 is 11.6 Å². The summed E-state index contributed by atoms with van der Waals surface area (Å²) in [4.78, 5) is 9.17. The molecule has 1 aromatic heterocycles. The Morgan fingerprint density at radius 1 is 1.13 bits per heavy atom. The summed E-state index contributed by atoms with van der Waals surface area (Å²) >= 11 is 6.44. The summed E-state index contributed by atoms with van der Waals surface area (Å²) in [6.07, 6.45) is 3.60. The van der Waals surface area contributed by atoms with Gasteiger partial charge in [0.2, 0.25) is 0 Å². The first kappa shape index (κ1) is 15.4. The van der Waals surface area contributed by atoms with Gasteiger partial charge in [0, 0.05) is 17.2 Å². The number of aryl methyl sites for hydroxylation is 1. The molecule has 0 fully saturated rings. The smallest absolute Gasteiger partial charge is 0.0730 e. The number of nitrogens with zero attached hydrogens (tertiary/aromatic N) is 2. The van der Waals surface area contributed by atoms with Crippen molar-refractivity contribution in [1.29, 1.82) is 0 Å². The SMILES string of the molecule is C=Cc1ccc2c(Cl)cc(-c3ccc(C)c(N=CC)c3)nc2c1. The van der Waals surface area contributed by atoms with Gasteiger partial charge in [-0.15, -0.1) is 0 Å². The quantitative estimate of drug-likeness (QED) is 0.525. The Bertz CT molecular complexity index is 926. The first-order valence-electron chi connectivity index (χ1n) is 7.45. The molecule has 2 nitrogen and oxygen atoms in total. The molecule has 3 rings (SSSR count). The average Bonchev–Trinajstić information content (AvgIpc) is 2.56. The molecule has 0 saturated heterocycles. The third-order valence-electron chi connectivity index (χ3n) is 3.79. The highest BCUT2D eigenvalue weighted by Gasteiger charge is 2.08. The molecule has 1 heterocycles. The zero-order chi connectivity index (χ0) is 16.4. The van der Waals surface area contributed by atoms with Gasteiger partial charge in [-0.2, -0.15) is 0 Å². The zero-order valence-electron chi connectivity index (χ0n) is 13.2. The molecular formula is C20H17ClN2. The van der Waals surface area contributed by atoms with Crippen LogP contribution < -0.4 is 0 Å². The van der Waals surface area contributed by atoms with Crippen LogP contribution in [0.3, 0.4) is 0 Å². The molecule has 0 aliphatic carbocycles. The van der Waals surface area contributed by atoms with Crippen molar-refractivity contribution in [3.8, 4) is 11.3 Å². The molecule has 0 saturated carbocycles. The van der Waals surface area contributed by atoms with Gasteiger partial charge in [-0.1, -0.05) is 48.5 Å². The summed E-state index contributed by atoms with van der Waals surface area (Å²) in [5.41, 5.74) is 5.82. The van der Waals surface area contributed by atoms with E-state index >= 15 is 0 Å².